The number of rotatable bonds is 2. The molecule has 3 N–H and O–H groups in total. The summed E-state index contributed by atoms with van der Waals surface area (Å²) in [7, 11) is 0. The fourth-order valence-electron chi connectivity index (χ4n) is 6.38. The summed E-state index contributed by atoms with van der Waals surface area (Å²) in [4.78, 5) is 28.0. The van der Waals surface area contributed by atoms with Gasteiger partial charge >= 0.3 is 0 Å². The highest BCUT2D eigenvalue weighted by Gasteiger charge is 2.42. The maximum absolute atomic E-state index is 15.0. The first-order valence-electron chi connectivity index (χ1n) is 12.8. The standard InChI is InChI=1S/C32H22ClFN2O3/c33-25-15-26(34)29(28(35)30(25)37)36-31(38)24-10-4-9-23(27(24)32(36)39)19-8-3-7-18-21-12-11-16-5-1-2-6-17(16)20(21)13-14-22(18)19/h1-2,4-6,9-15,19,37H,3,7-8,35H2. The van der Waals surface area contributed by atoms with Crippen LogP contribution in [0.2, 0.25) is 5.02 Å². The van der Waals surface area contributed by atoms with Gasteiger partial charge in [-0.3, -0.25) is 9.59 Å². The van der Waals surface area contributed by atoms with Crippen LogP contribution in [0, 0.1) is 5.82 Å². The summed E-state index contributed by atoms with van der Waals surface area (Å²) in [5, 5.41) is 14.7. The third kappa shape index (κ3) is 3.31. The second-order valence-corrected chi connectivity index (χ2v) is 10.5. The molecule has 1 atom stereocenters. The summed E-state index contributed by atoms with van der Waals surface area (Å²) in [6, 6.07) is 22.9. The Labute approximate surface area is 228 Å². The molecular weight excluding hydrogens is 515 g/mol. The SMILES string of the molecule is Nc1c(O)c(Cl)cc(F)c1N1C(=O)c2cccc(C3CCCc4c3ccc3c4ccc4ccccc43)c2C1=O. The van der Waals surface area contributed by atoms with E-state index in [1.54, 1.807) is 12.1 Å². The molecule has 0 radical (unpaired) electrons. The molecule has 1 unspecified atom stereocenters. The molecule has 0 saturated heterocycles. The van der Waals surface area contributed by atoms with Crippen molar-refractivity contribution in [2.24, 2.45) is 0 Å². The van der Waals surface area contributed by atoms with Crippen molar-refractivity contribution in [2.45, 2.75) is 25.2 Å². The molecule has 39 heavy (non-hydrogen) atoms. The highest BCUT2D eigenvalue weighted by molar-refractivity contribution is 6.37. The van der Waals surface area contributed by atoms with Crippen molar-refractivity contribution in [1.82, 2.24) is 0 Å². The molecule has 2 amide bonds. The van der Waals surface area contributed by atoms with E-state index in [0.717, 1.165) is 36.5 Å². The highest BCUT2D eigenvalue weighted by Crippen LogP contribution is 2.46. The first-order chi connectivity index (χ1) is 18.9. The van der Waals surface area contributed by atoms with Gasteiger partial charge in [0.2, 0.25) is 0 Å². The van der Waals surface area contributed by atoms with Crippen LogP contribution in [0.15, 0.2) is 72.8 Å². The summed E-state index contributed by atoms with van der Waals surface area (Å²) in [6.45, 7) is 0. The molecule has 0 aromatic heterocycles. The van der Waals surface area contributed by atoms with Crippen LogP contribution in [0.25, 0.3) is 21.5 Å². The van der Waals surface area contributed by atoms with Gasteiger partial charge in [-0.05, 0) is 69.6 Å². The second kappa shape index (κ2) is 8.55. The van der Waals surface area contributed by atoms with Gasteiger partial charge in [0.05, 0.1) is 16.1 Å². The van der Waals surface area contributed by atoms with E-state index in [1.807, 2.05) is 18.2 Å². The Morgan fingerprint density at radius 2 is 1.69 bits per heavy atom. The van der Waals surface area contributed by atoms with Gasteiger partial charge in [0.1, 0.15) is 11.4 Å². The van der Waals surface area contributed by atoms with Crippen LogP contribution < -0.4 is 10.6 Å². The van der Waals surface area contributed by atoms with Gasteiger partial charge in [-0.2, -0.15) is 0 Å². The predicted octanol–water partition coefficient (Wildman–Crippen LogP) is 7.34. The van der Waals surface area contributed by atoms with E-state index in [-0.39, 0.29) is 22.1 Å². The zero-order valence-corrected chi connectivity index (χ0v) is 21.4. The predicted molar refractivity (Wildman–Crippen MR) is 151 cm³/mol. The zero-order chi connectivity index (χ0) is 27.0. The number of phenols is 1. The zero-order valence-electron chi connectivity index (χ0n) is 20.7. The lowest BCUT2D eigenvalue weighted by molar-refractivity contribution is 0.0924. The molecule has 0 spiro atoms. The molecule has 1 heterocycles. The van der Waals surface area contributed by atoms with Gasteiger partial charge in [-0.25, -0.2) is 9.29 Å². The fraction of sp³-hybridized carbons (Fsp3) is 0.125. The molecule has 192 valence electrons. The van der Waals surface area contributed by atoms with Crippen LogP contribution in [-0.2, 0) is 6.42 Å². The van der Waals surface area contributed by atoms with Gasteiger partial charge in [0.15, 0.2) is 11.6 Å². The third-order valence-corrected chi connectivity index (χ3v) is 8.42. The molecule has 2 aliphatic rings. The van der Waals surface area contributed by atoms with Crippen LogP contribution in [0.4, 0.5) is 15.8 Å². The Kier molecular flexibility index (Phi) is 5.19. The van der Waals surface area contributed by atoms with Gasteiger partial charge in [0, 0.05) is 5.92 Å². The number of amides is 2. The molecule has 0 saturated carbocycles. The third-order valence-electron chi connectivity index (χ3n) is 8.13. The Bertz CT molecular complexity index is 1900. The van der Waals surface area contributed by atoms with Crippen molar-refractivity contribution in [1.29, 1.82) is 0 Å². The number of aryl methyl sites for hydroxylation is 1. The lowest BCUT2D eigenvalue weighted by Crippen LogP contribution is -2.31. The number of nitrogens with zero attached hydrogens (tertiary/aromatic N) is 1. The van der Waals surface area contributed by atoms with Crippen molar-refractivity contribution < 1.29 is 19.1 Å². The molecule has 0 bridgehead atoms. The highest BCUT2D eigenvalue weighted by atomic mass is 35.5. The number of hydrogen-bond donors (Lipinski definition) is 2. The second-order valence-electron chi connectivity index (χ2n) is 10.1. The smallest absolute Gasteiger partial charge is 0.266 e. The molecule has 7 heteroatoms. The molecule has 7 rings (SSSR count). The number of anilines is 2. The Hall–Kier alpha value is -4.42. The monoisotopic (exact) mass is 536 g/mol. The summed E-state index contributed by atoms with van der Waals surface area (Å²) in [5.74, 6) is -3.02. The summed E-state index contributed by atoms with van der Waals surface area (Å²) < 4.78 is 15.0. The first-order valence-corrected chi connectivity index (χ1v) is 13.2. The normalized spacial score (nSPS) is 16.7. The number of halogens is 2. The molecule has 5 aromatic rings. The Balaban J connectivity index is 1.38. The van der Waals surface area contributed by atoms with Crippen LogP contribution in [0.3, 0.4) is 0 Å². The Morgan fingerprint density at radius 1 is 0.897 bits per heavy atom. The van der Waals surface area contributed by atoms with E-state index >= 15 is 4.39 Å². The molecule has 1 aliphatic heterocycles. The number of phenolic OH excluding ortho intramolecular Hbond substituents is 1. The number of aromatic hydroxyl groups is 1. The van der Waals surface area contributed by atoms with E-state index in [4.69, 9.17) is 17.3 Å². The number of hydrogen-bond acceptors (Lipinski definition) is 4. The Morgan fingerprint density at radius 3 is 2.54 bits per heavy atom. The van der Waals surface area contributed by atoms with E-state index in [0.29, 0.717) is 4.90 Å². The first kappa shape index (κ1) is 23.7. The molecule has 0 fully saturated rings. The molecular formula is C32H22ClFN2O3. The molecule has 5 nitrogen and oxygen atoms in total. The van der Waals surface area contributed by atoms with Crippen molar-refractivity contribution >= 4 is 56.3 Å². The van der Waals surface area contributed by atoms with Crippen molar-refractivity contribution in [3.05, 3.63) is 111 Å². The lowest BCUT2D eigenvalue weighted by Gasteiger charge is -2.28. The summed E-state index contributed by atoms with van der Waals surface area (Å²) in [6.07, 6.45) is 2.65. The average Bonchev–Trinajstić information content (AvgIpc) is 3.20. The van der Waals surface area contributed by atoms with Crippen LogP contribution in [-0.4, -0.2) is 16.9 Å². The minimum absolute atomic E-state index is 0.114. The maximum Gasteiger partial charge on any atom is 0.266 e. The number of nitrogen functional groups attached to an aromatic ring is 1. The van der Waals surface area contributed by atoms with Crippen molar-refractivity contribution in [3.63, 3.8) is 0 Å². The minimum atomic E-state index is -0.965. The van der Waals surface area contributed by atoms with E-state index in [1.165, 1.54) is 27.1 Å². The van der Waals surface area contributed by atoms with Crippen molar-refractivity contribution in [2.75, 3.05) is 10.6 Å². The minimum Gasteiger partial charge on any atom is -0.504 e. The van der Waals surface area contributed by atoms with E-state index < -0.39 is 34.8 Å². The van der Waals surface area contributed by atoms with Crippen LogP contribution in [0.1, 0.15) is 56.2 Å². The lowest BCUT2D eigenvalue weighted by atomic mass is 9.75. The number of imide groups is 1. The number of carbonyl (C=O) groups excluding carboxylic acids is 2. The quantitative estimate of drug-likeness (QED) is 0.107. The molecule has 5 aromatic carbocycles. The van der Waals surface area contributed by atoms with Crippen LogP contribution in [0.5, 0.6) is 5.75 Å². The van der Waals surface area contributed by atoms with Crippen LogP contribution >= 0.6 is 11.6 Å². The van der Waals surface area contributed by atoms with Crippen molar-refractivity contribution in [3.8, 4) is 5.75 Å². The largest absolute Gasteiger partial charge is 0.504 e. The van der Waals surface area contributed by atoms with Gasteiger partial charge < -0.3 is 10.8 Å². The number of nitrogens with two attached hydrogens (primary N) is 1. The average molecular weight is 537 g/mol. The van der Waals surface area contributed by atoms with E-state index in [9.17, 15) is 14.7 Å². The molecule has 1 aliphatic carbocycles. The van der Waals surface area contributed by atoms with Gasteiger partial charge in [0.25, 0.3) is 11.8 Å². The summed E-state index contributed by atoms with van der Waals surface area (Å²) in [5.41, 5.74) is 8.52. The van der Waals surface area contributed by atoms with Gasteiger partial charge in [-0.15, -0.1) is 0 Å². The number of fused-ring (bicyclic) bond motifs is 6. The fourth-order valence-corrected chi connectivity index (χ4v) is 6.58. The van der Waals surface area contributed by atoms with Gasteiger partial charge in [-0.1, -0.05) is 72.3 Å². The number of benzene rings is 5. The topological polar surface area (TPSA) is 83.6 Å². The van der Waals surface area contributed by atoms with E-state index in [2.05, 4.69) is 36.4 Å². The number of carbonyl (C=O) groups is 2. The maximum atomic E-state index is 15.0. The summed E-state index contributed by atoms with van der Waals surface area (Å²) >= 11 is 5.85.